The summed E-state index contributed by atoms with van der Waals surface area (Å²) in [5, 5.41) is 20.9. The van der Waals surface area contributed by atoms with Gasteiger partial charge in [0, 0.05) is 16.2 Å². The molecule has 8 atom stereocenters. The van der Waals surface area contributed by atoms with Crippen LogP contribution in [0.25, 0.3) is 0 Å². The molecule has 5 aliphatic rings. The lowest BCUT2D eigenvalue weighted by Crippen LogP contribution is -2.63. The summed E-state index contributed by atoms with van der Waals surface area (Å²) >= 11 is 0. The molecule has 3 saturated carbocycles. The second kappa shape index (κ2) is 7.19. The van der Waals surface area contributed by atoms with Crippen LogP contribution in [-0.4, -0.2) is 34.6 Å². The van der Waals surface area contributed by atoms with E-state index in [2.05, 4.69) is 46.8 Å². The van der Waals surface area contributed by atoms with Gasteiger partial charge in [0.25, 0.3) is 0 Å². The number of carbonyl (C=O) groups excluding carboxylic acids is 2. The Kier molecular flexibility index (Phi) is 5.13. The molecule has 5 aliphatic carbocycles. The van der Waals surface area contributed by atoms with Crippen LogP contribution in [0.15, 0.2) is 34.9 Å². The highest BCUT2D eigenvalue weighted by Crippen LogP contribution is 2.75. The van der Waals surface area contributed by atoms with Gasteiger partial charge in [-0.05, 0) is 84.3 Å². The average molecular weight is 482 g/mol. The first kappa shape index (κ1) is 25.0. The maximum Gasteiger partial charge on any atom is 0.223 e. The smallest absolute Gasteiger partial charge is 0.223 e. The molecule has 3 fully saturated rings. The fourth-order valence-electron chi connectivity index (χ4n) is 9.19. The monoisotopic (exact) mass is 481 g/mol. The molecule has 5 nitrogen and oxygen atoms in total. The quantitative estimate of drug-likeness (QED) is 0.535. The molecule has 4 N–H and O–H groups in total. The molecule has 5 heteroatoms. The SMILES string of the molecule is C[C@@]1(C(N)=O)CC[C@]2(C)CC[C@]3(C)C4=CC=C5C(=CC(=O)[C@H](O)[C@@]5(C)CO)[C@]4(C)CC[C@@]3(C)[C@@H]2C1. The van der Waals surface area contributed by atoms with E-state index in [1.54, 1.807) is 13.0 Å². The predicted octanol–water partition coefficient (Wildman–Crippen LogP) is 4.63. The largest absolute Gasteiger partial charge is 0.395 e. The van der Waals surface area contributed by atoms with Gasteiger partial charge >= 0.3 is 0 Å². The summed E-state index contributed by atoms with van der Waals surface area (Å²) < 4.78 is 0. The third-order valence-corrected chi connectivity index (χ3v) is 12.3. The Morgan fingerprint density at radius 1 is 0.971 bits per heavy atom. The van der Waals surface area contributed by atoms with Gasteiger partial charge in [-0.1, -0.05) is 59.3 Å². The van der Waals surface area contributed by atoms with Crippen molar-refractivity contribution in [3.05, 3.63) is 34.9 Å². The van der Waals surface area contributed by atoms with Crippen LogP contribution in [0.3, 0.4) is 0 Å². The Morgan fingerprint density at radius 3 is 2.26 bits per heavy atom. The molecule has 35 heavy (non-hydrogen) atoms. The Balaban J connectivity index is 1.65. The lowest BCUT2D eigenvalue weighted by atomic mass is 9.34. The lowest BCUT2D eigenvalue weighted by Gasteiger charge is -2.70. The summed E-state index contributed by atoms with van der Waals surface area (Å²) in [7, 11) is 0. The van der Waals surface area contributed by atoms with Gasteiger partial charge < -0.3 is 15.9 Å². The Morgan fingerprint density at radius 2 is 1.63 bits per heavy atom. The van der Waals surface area contributed by atoms with Crippen LogP contribution in [0, 0.1) is 38.4 Å². The van der Waals surface area contributed by atoms with Gasteiger partial charge in [0.15, 0.2) is 5.78 Å². The fourth-order valence-corrected chi connectivity index (χ4v) is 9.19. The third kappa shape index (κ3) is 2.89. The molecule has 0 aromatic heterocycles. The molecular weight excluding hydrogens is 438 g/mol. The summed E-state index contributed by atoms with van der Waals surface area (Å²) in [6.07, 6.45) is 11.6. The topological polar surface area (TPSA) is 101 Å². The van der Waals surface area contributed by atoms with E-state index in [0.29, 0.717) is 5.92 Å². The van der Waals surface area contributed by atoms with Gasteiger partial charge in [-0.3, -0.25) is 9.59 Å². The van der Waals surface area contributed by atoms with Crippen LogP contribution < -0.4 is 5.73 Å². The minimum atomic E-state index is -1.23. The molecule has 0 bridgehead atoms. The summed E-state index contributed by atoms with van der Waals surface area (Å²) in [5.41, 5.74) is 7.52. The number of primary amides is 1. The zero-order valence-corrected chi connectivity index (χ0v) is 22.3. The molecule has 0 heterocycles. The summed E-state index contributed by atoms with van der Waals surface area (Å²) in [6.45, 7) is 13.1. The second-order valence-corrected chi connectivity index (χ2v) is 14.0. The normalized spacial score (nSPS) is 51.1. The second-order valence-electron chi connectivity index (χ2n) is 14.0. The minimum Gasteiger partial charge on any atom is -0.395 e. The molecule has 1 amide bonds. The van der Waals surface area contributed by atoms with Crippen LogP contribution in [-0.2, 0) is 9.59 Å². The Hall–Kier alpha value is -1.72. The highest BCUT2D eigenvalue weighted by Gasteiger charge is 2.67. The predicted molar refractivity (Wildman–Crippen MR) is 136 cm³/mol. The number of hydrogen-bond donors (Lipinski definition) is 3. The number of allylic oxidation sites excluding steroid dienone is 4. The summed E-state index contributed by atoms with van der Waals surface area (Å²) in [4.78, 5) is 25.4. The highest BCUT2D eigenvalue weighted by atomic mass is 16.3. The van der Waals surface area contributed by atoms with Crippen molar-refractivity contribution < 1.29 is 19.8 Å². The van der Waals surface area contributed by atoms with Crippen molar-refractivity contribution in [2.45, 2.75) is 92.6 Å². The van der Waals surface area contributed by atoms with E-state index in [4.69, 9.17) is 5.73 Å². The van der Waals surface area contributed by atoms with Gasteiger partial charge in [0.1, 0.15) is 6.10 Å². The van der Waals surface area contributed by atoms with Crippen LogP contribution in [0.2, 0.25) is 0 Å². The van der Waals surface area contributed by atoms with E-state index in [9.17, 15) is 19.8 Å². The highest BCUT2D eigenvalue weighted by molar-refractivity contribution is 5.98. The number of aliphatic hydroxyl groups is 2. The number of carbonyl (C=O) groups is 2. The van der Waals surface area contributed by atoms with E-state index >= 15 is 0 Å². The molecular formula is C30H43NO4. The number of ketones is 1. The van der Waals surface area contributed by atoms with Gasteiger partial charge in [-0.15, -0.1) is 0 Å². The fraction of sp³-hybridized carbons (Fsp3) is 0.733. The summed E-state index contributed by atoms with van der Waals surface area (Å²) in [5.74, 6) is -0.0917. The van der Waals surface area contributed by atoms with Crippen LogP contribution in [0.5, 0.6) is 0 Å². The lowest BCUT2D eigenvalue weighted by molar-refractivity contribution is -0.168. The van der Waals surface area contributed by atoms with Crippen LogP contribution in [0.4, 0.5) is 0 Å². The average Bonchev–Trinajstić information content (AvgIpc) is 2.81. The van der Waals surface area contributed by atoms with E-state index in [1.165, 1.54) is 5.57 Å². The number of nitrogens with two attached hydrogens (primary N) is 1. The van der Waals surface area contributed by atoms with E-state index in [0.717, 1.165) is 56.1 Å². The maximum atomic E-state index is 12.9. The zero-order valence-electron chi connectivity index (χ0n) is 22.3. The molecule has 0 aliphatic heterocycles. The Labute approximate surface area is 209 Å². The number of fused-ring (bicyclic) bond motifs is 7. The van der Waals surface area contributed by atoms with Crippen LogP contribution in [0.1, 0.15) is 86.5 Å². The van der Waals surface area contributed by atoms with E-state index in [1.807, 2.05) is 0 Å². The van der Waals surface area contributed by atoms with Crippen molar-refractivity contribution >= 4 is 11.7 Å². The first-order valence-electron chi connectivity index (χ1n) is 13.4. The van der Waals surface area contributed by atoms with Crippen molar-refractivity contribution in [2.75, 3.05) is 6.61 Å². The third-order valence-electron chi connectivity index (χ3n) is 12.3. The van der Waals surface area contributed by atoms with E-state index < -0.39 is 16.9 Å². The standard InChI is InChI=1S/C30H43NO4/c1-25-9-10-26(2,24(31)35)16-22(25)30(6)14-12-27(3)19-15-20(33)23(34)28(4,17-32)18(19)7-8-21(27)29(30,5)13-11-25/h7-8,15,22-23,32,34H,9-14,16-17H2,1-6H3,(H2,31,35)/t22-,23+,25-,26-,27+,28+,29-,30+/m1/s1. The molecule has 192 valence electrons. The minimum absolute atomic E-state index is 0.00679. The first-order valence-corrected chi connectivity index (χ1v) is 13.4. The first-order chi connectivity index (χ1) is 16.1. The Bertz CT molecular complexity index is 1100. The van der Waals surface area contributed by atoms with Crippen molar-refractivity contribution in [3.8, 4) is 0 Å². The van der Waals surface area contributed by atoms with Gasteiger partial charge in [-0.25, -0.2) is 0 Å². The molecule has 0 radical (unpaired) electrons. The zero-order chi connectivity index (χ0) is 25.8. The van der Waals surface area contributed by atoms with E-state index in [-0.39, 0.29) is 40.0 Å². The molecule has 0 saturated heterocycles. The van der Waals surface area contributed by atoms with Crippen molar-refractivity contribution in [1.29, 1.82) is 0 Å². The number of rotatable bonds is 2. The van der Waals surface area contributed by atoms with Crippen molar-refractivity contribution in [3.63, 3.8) is 0 Å². The maximum absolute atomic E-state index is 12.9. The van der Waals surface area contributed by atoms with Gasteiger partial charge in [-0.2, -0.15) is 0 Å². The molecule has 5 rings (SSSR count). The van der Waals surface area contributed by atoms with Gasteiger partial charge in [0.2, 0.25) is 5.91 Å². The van der Waals surface area contributed by atoms with Crippen molar-refractivity contribution in [2.24, 2.45) is 44.1 Å². The number of hydrogen-bond acceptors (Lipinski definition) is 4. The molecule has 0 unspecified atom stereocenters. The van der Waals surface area contributed by atoms with Gasteiger partial charge in [0.05, 0.1) is 6.61 Å². The molecule has 0 spiro atoms. The van der Waals surface area contributed by atoms with Crippen LogP contribution >= 0.6 is 0 Å². The molecule has 0 aromatic rings. The molecule has 0 aromatic carbocycles. The number of amides is 1. The van der Waals surface area contributed by atoms with Crippen molar-refractivity contribution in [1.82, 2.24) is 0 Å². The summed E-state index contributed by atoms with van der Waals surface area (Å²) in [6, 6.07) is 0. The number of aliphatic hydroxyl groups excluding tert-OH is 2.